The first-order valence-electron chi connectivity index (χ1n) is 10.6. The monoisotopic (exact) mass is 516 g/mol. The van der Waals surface area contributed by atoms with Gasteiger partial charge in [0.1, 0.15) is 0 Å². The number of hydrogen-bond acceptors (Lipinski definition) is 6. The van der Waals surface area contributed by atoms with Crippen molar-refractivity contribution in [3.63, 3.8) is 0 Å². The zero-order chi connectivity index (χ0) is 19.8. The number of likely N-dealkylation sites (tertiary alicyclic amines) is 1. The van der Waals surface area contributed by atoms with Crippen LogP contribution in [0.3, 0.4) is 0 Å². The van der Waals surface area contributed by atoms with Crippen molar-refractivity contribution in [1.29, 1.82) is 0 Å². The lowest BCUT2D eigenvalue weighted by Gasteiger charge is -2.36. The quantitative estimate of drug-likeness (QED) is 0.335. The summed E-state index contributed by atoms with van der Waals surface area (Å²) in [6.45, 7) is 12.9. The fourth-order valence-corrected chi connectivity index (χ4v) is 3.91. The maximum atomic E-state index is 4.41. The highest BCUT2D eigenvalue weighted by molar-refractivity contribution is 14.0. The van der Waals surface area contributed by atoms with E-state index in [2.05, 4.69) is 54.1 Å². The number of halogens is 1. The summed E-state index contributed by atoms with van der Waals surface area (Å²) in [5, 5.41) is 7.09. The Morgan fingerprint density at radius 1 is 1.10 bits per heavy atom. The van der Waals surface area contributed by atoms with Crippen LogP contribution in [0.25, 0.3) is 0 Å². The van der Waals surface area contributed by atoms with Gasteiger partial charge in [0.2, 0.25) is 5.95 Å². The summed E-state index contributed by atoms with van der Waals surface area (Å²) in [6, 6.07) is 3.03. The zero-order valence-corrected chi connectivity index (χ0v) is 20.4. The fourth-order valence-electron chi connectivity index (χ4n) is 3.91. The third-order valence-electron chi connectivity index (χ3n) is 5.75. The number of rotatable bonds is 6. The van der Waals surface area contributed by atoms with Crippen LogP contribution in [0.15, 0.2) is 23.5 Å². The Balaban J connectivity index is 0.00000300. The third-order valence-corrected chi connectivity index (χ3v) is 5.75. The summed E-state index contributed by atoms with van der Waals surface area (Å²) in [4.78, 5) is 20.4. The molecular weight excluding hydrogens is 479 g/mol. The number of nitrogens with zero attached hydrogens (tertiary/aromatic N) is 6. The molecule has 2 fully saturated rings. The molecule has 0 unspecified atom stereocenters. The highest BCUT2D eigenvalue weighted by Gasteiger charge is 2.22. The predicted octanol–water partition coefficient (Wildman–Crippen LogP) is 1.25. The Morgan fingerprint density at radius 2 is 1.76 bits per heavy atom. The number of anilines is 1. The van der Waals surface area contributed by atoms with E-state index in [-0.39, 0.29) is 24.0 Å². The van der Waals surface area contributed by atoms with Crippen molar-refractivity contribution >= 4 is 35.9 Å². The molecule has 0 aliphatic carbocycles. The van der Waals surface area contributed by atoms with Gasteiger partial charge in [0.25, 0.3) is 0 Å². The van der Waals surface area contributed by atoms with Crippen LogP contribution in [0.5, 0.6) is 0 Å². The Bertz CT molecular complexity index is 596. The van der Waals surface area contributed by atoms with Gasteiger partial charge < -0.3 is 20.4 Å². The molecule has 3 rings (SSSR count). The molecule has 0 radical (unpaired) electrons. The van der Waals surface area contributed by atoms with E-state index in [1.165, 1.54) is 25.9 Å². The maximum Gasteiger partial charge on any atom is 0.225 e. The Labute approximate surface area is 192 Å². The van der Waals surface area contributed by atoms with Gasteiger partial charge in [0.05, 0.1) is 0 Å². The predicted molar refractivity (Wildman–Crippen MR) is 130 cm³/mol. The topological polar surface area (TPSA) is 71.9 Å². The van der Waals surface area contributed by atoms with Gasteiger partial charge in [-0.05, 0) is 32.8 Å². The zero-order valence-electron chi connectivity index (χ0n) is 18.0. The number of aromatic nitrogens is 2. The van der Waals surface area contributed by atoms with Crippen LogP contribution in [-0.4, -0.2) is 97.2 Å². The van der Waals surface area contributed by atoms with Crippen LogP contribution in [0.4, 0.5) is 5.95 Å². The fraction of sp³-hybridized carbons (Fsp3) is 0.750. The molecule has 0 spiro atoms. The van der Waals surface area contributed by atoms with E-state index in [9.17, 15) is 0 Å². The van der Waals surface area contributed by atoms with Crippen molar-refractivity contribution in [3.05, 3.63) is 18.5 Å². The van der Waals surface area contributed by atoms with Gasteiger partial charge in [-0.2, -0.15) is 0 Å². The van der Waals surface area contributed by atoms with E-state index < -0.39 is 0 Å². The summed E-state index contributed by atoms with van der Waals surface area (Å²) >= 11 is 0. The van der Waals surface area contributed by atoms with Gasteiger partial charge >= 0.3 is 0 Å². The van der Waals surface area contributed by atoms with Gasteiger partial charge in [0, 0.05) is 83.9 Å². The summed E-state index contributed by atoms with van der Waals surface area (Å²) in [6.07, 6.45) is 5.98. The van der Waals surface area contributed by atoms with E-state index in [1.807, 2.05) is 25.5 Å². The molecule has 0 bridgehead atoms. The molecule has 0 amide bonds. The van der Waals surface area contributed by atoms with Gasteiger partial charge in [-0.3, -0.25) is 9.89 Å². The molecule has 9 heteroatoms. The molecule has 2 aliphatic heterocycles. The molecule has 1 aromatic heterocycles. The largest absolute Gasteiger partial charge is 0.355 e. The summed E-state index contributed by atoms with van der Waals surface area (Å²) < 4.78 is 0. The first-order valence-corrected chi connectivity index (χ1v) is 10.6. The second-order valence-electron chi connectivity index (χ2n) is 7.92. The van der Waals surface area contributed by atoms with Crippen LogP contribution in [0, 0.1) is 0 Å². The van der Waals surface area contributed by atoms with E-state index in [4.69, 9.17) is 0 Å². The summed E-state index contributed by atoms with van der Waals surface area (Å²) in [5.74, 6) is 1.77. The molecule has 29 heavy (non-hydrogen) atoms. The van der Waals surface area contributed by atoms with E-state index >= 15 is 0 Å². The summed E-state index contributed by atoms with van der Waals surface area (Å²) in [7, 11) is 1.86. The number of aliphatic imine (C=N–C) groups is 1. The Morgan fingerprint density at radius 3 is 2.34 bits per heavy atom. The molecule has 0 atom stereocenters. The molecule has 2 saturated heterocycles. The minimum absolute atomic E-state index is 0. The van der Waals surface area contributed by atoms with Gasteiger partial charge in [-0.15, -0.1) is 24.0 Å². The Kier molecular flexibility index (Phi) is 10.4. The normalized spacial score (nSPS) is 19.9. The molecule has 8 nitrogen and oxygen atoms in total. The first-order chi connectivity index (χ1) is 13.7. The molecule has 1 aromatic rings. The smallest absolute Gasteiger partial charge is 0.225 e. The number of piperidine rings is 1. The molecule has 0 aromatic carbocycles. The average molecular weight is 516 g/mol. The number of guanidine groups is 1. The molecule has 3 heterocycles. The minimum Gasteiger partial charge on any atom is -0.355 e. The van der Waals surface area contributed by atoms with Crippen LogP contribution >= 0.6 is 24.0 Å². The summed E-state index contributed by atoms with van der Waals surface area (Å²) in [5.41, 5.74) is 0. The molecule has 164 valence electrons. The van der Waals surface area contributed by atoms with E-state index in [0.717, 1.165) is 51.2 Å². The average Bonchev–Trinajstić information content (AvgIpc) is 2.74. The number of hydrogen-bond donors (Lipinski definition) is 2. The van der Waals surface area contributed by atoms with Crippen LogP contribution in [-0.2, 0) is 0 Å². The molecule has 0 saturated carbocycles. The van der Waals surface area contributed by atoms with Crippen molar-refractivity contribution in [2.75, 3.05) is 64.3 Å². The lowest BCUT2D eigenvalue weighted by molar-refractivity contribution is 0.167. The van der Waals surface area contributed by atoms with Gasteiger partial charge in [-0.25, -0.2) is 9.97 Å². The lowest BCUT2D eigenvalue weighted by Crippen LogP contribution is -2.52. The second kappa shape index (κ2) is 12.5. The highest BCUT2D eigenvalue weighted by Crippen LogP contribution is 2.13. The van der Waals surface area contributed by atoms with E-state index in [0.29, 0.717) is 12.1 Å². The minimum atomic E-state index is 0. The highest BCUT2D eigenvalue weighted by atomic mass is 127. The molecule has 2 aliphatic rings. The van der Waals surface area contributed by atoms with Crippen molar-refractivity contribution in [2.24, 2.45) is 4.99 Å². The lowest BCUT2D eigenvalue weighted by atomic mass is 10.0. The second-order valence-corrected chi connectivity index (χ2v) is 7.92. The van der Waals surface area contributed by atoms with Crippen molar-refractivity contribution in [1.82, 2.24) is 30.4 Å². The van der Waals surface area contributed by atoms with Crippen molar-refractivity contribution in [2.45, 2.75) is 38.8 Å². The van der Waals surface area contributed by atoms with Crippen LogP contribution in [0.1, 0.15) is 26.7 Å². The van der Waals surface area contributed by atoms with Crippen LogP contribution < -0.4 is 15.5 Å². The number of nitrogens with one attached hydrogen (secondary N) is 2. The first kappa shape index (κ1) is 24.1. The molecular formula is C20H37IN8. The number of piperazine rings is 1. The SMILES string of the molecule is CN=C(NCCN1CCN(c2ncccn2)CC1)NC1CCN(C(C)C)CC1.I. The van der Waals surface area contributed by atoms with Crippen molar-refractivity contribution in [3.8, 4) is 0 Å². The maximum absolute atomic E-state index is 4.41. The van der Waals surface area contributed by atoms with Gasteiger partial charge in [-0.1, -0.05) is 0 Å². The van der Waals surface area contributed by atoms with Crippen molar-refractivity contribution < 1.29 is 0 Å². The van der Waals surface area contributed by atoms with Crippen LogP contribution in [0.2, 0.25) is 0 Å². The Hall–Kier alpha value is -1.20. The third kappa shape index (κ3) is 7.53. The standard InChI is InChI=1S/C20H36N8.HI/c1-17(2)27-10-5-18(6-11-27)25-19(21-3)22-9-12-26-13-15-28(16-14-26)20-23-7-4-8-24-20;/h4,7-8,17-18H,5-6,9-16H2,1-3H3,(H2,21,22,25);1H. The molecule has 2 N–H and O–H groups in total. The van der Waals surface area contributed by atoms with Gasteiger partial charge in [0.15, 0.2) is 5.96 Å². The van der Waals surface area contributed by atoms with E-state index in [1.54, 1.807) is 0 Å².